The second-order valence-electron chi connectivity index (χ2n) is 7.86. The Morgan fingerprint density at radius 1 is 1.09 bits per heavy atom. The molecule has 32 heavy (non-hydrogen) atoms. The lowest BCUT2D eigenvalue weighted by molar-refractivity contribution is 0.0960. The van der Waals surface area contributed by atoms with Gasteiger partial charge in [0.05, 0.1) is 28.5 Å². The predicted molar refractivity (Wildman–Crippen MR) is 130 cm³/mol. The van der Waals surface area contributed by atoms with Crippen molar-refractivity contribution in [2.45, 2.75) is 35.1 Å². The van der Waals surface area contributed by atoms with Gasteiger partial charge in [0.25, 0.3) is 5.91 Å². The van der Waals surface area contributed by atoms with Crippen LogP contribution in [-0.2, 0) is 0 Å². The van der Waals surface area contributed by atoms with Crippen LogP contribution in [0.15, 0.2) is 76.7 Å². The highest BCUT2D eigenvalue weighted by molar-refractivity contribution is 7.99. The molecule has 2 aromatic heterocycles. The minimum Gasteiger partial charge on any atom is -0.355 e. The number of fused-ring (bicyclic) bond motifs is 1. The zero-order valence-corrected chi connectivity index (χ0v) is 18.7. The third kappa shape index (κ3) is 4.06. The maximum atomic E-state index is 12.3. The van der Waals surface area contributed by atoms with Crippen molar-refractivity contribution in [3.8, 4) is 0 Å². The van der Waals surface area contributed by atoms with E-state index in [2.05, 4.69) is 33.2 Å². The van der Waals surface area contributed by atoms with Crippen LogP contribution in [0.5, 0.6) is 0 Å². The smallest absolute Gasteiger partial charge is 0.252 e. The molecule has 6 heteroatoms. The fourth-order valence-corrected chi connectivity index (χ4v) is 4.86. The van der Waals surface area contributed by atoms with Crippen LogP contribution < -0.4 is 5.32 Å². The molecule has 1 N–H and O–H groups in total. The van der Waals surface area contributed by atoms with E-state index in [1.54, 1.807) is 25.0 Å². The standard InChI is InChI=1S/C26H24N4OS/c1-27-26(31)22-10-2-3-11-25(22)32-20-13-14-21-23(15-12-18-7-4-5-16-28-18)29-30(24(21)17-20)19-8-6-9-19/h2-5,7,10-17,19H,6,8-9H2,1H3,(H,27,31)/b15-12+. The van der Waals surface area contributed by atoms with E-state index in [0.717, 1.165) is 44.9 Å². The Labute approximate surface area is 191 Å². The largest absolute Gasteiger partial charge is 0.355 e. The minimum absolute atomic E-state index is 0.0735. The van der Waals surface area contributed by atoms with Crippen molar-refractivity contribution in [3.05, 3.63) is 83.8 Å². The fraction of sp³-hybridized carbons (Fsp3) is 0.192. The van der Waals surface area contributed by atoms with Gasteiger partial charge >= 0.3 is 0 Å². The van der Waals surface area contributed by atoms with E-state index in [1.807, 2.05) is 54.6 Å². The van der Waals surface area contributed by atoms with Gasteiger partial charge in [-0.25, -0.2) is 0 Å². The molecule has 2 aromatic carbocycles. The predicted octanol–water partition coefficient (Wildman–Crippen LogP) is 5.84. The Balaban J connectivity index is 1.52. The van der Waals surface area contributed by atoms with Gasteiger partial charge in [0.1, 0.15) is 0 Å². The Morgan fingerprint density at radius 2 is 1.94 bits per heavy atom. The van der Waals surface area contributed by atoms with Gasteiger partial charge in [-0.3, -0.25) is 14.5 Å². The maximum Gasteiger partial charge on any atom is 0.252 e. The van der Waals surface area contributed by atoms with Crippen molar-refractivity contribution in [1.29, 1.82) is 0 Å². The molecule has 0 unspecified atom stereocenters. The lowest BCUT2D eigenvalue weighted by Gasteiger charge is -2.26. The molecule has 160 valence electrons. The van der Waals surface area contributed by atoms with Gasteiger partial charge in [-0.15, -0.1) is 0 Å². The maximum absolute atomic E-state index is 12.3. The Hall–Kier alpha value is -3.38. The van der Waals surface area contributed by atoms with Crippen LogP contribution in [0.3, 0.4) is 0 Å². The molecular weight excluding hydrogens is 416 g/mol. The van der Waals surface area contributed by atoms with E-state index >= 15 is 0 Å². The summed E-state index contributed by atoms with van der Waals surface area (Å²) in [6, 6.07) is 20.5. The SMILES string of the molecule is CNC(=O)c1ccccc1Sc1ccc2c(/C=C/c3ccccn3)nn(C3CCC3)c2c1. The Morgan fingerprint density at radius 3 is 2.69 bits per heavy atom. The Kier molecular flexibility index (Phi) is 5.77. The van der Waals surface area contributed by atoms with E-state index in [0.29, 0.717) is 11.6 Å². The van der Waals surface area contributed by atoms with E-state index in [4.69, 9.17) is 5.10 Å². The van der Waals surface area contributed by atoms with Crippen molar-refractivity contribution in [1.82, 2.24) is 20.1 Å². The van der Waals surface area contributed by atoms with Crippen molar-refractivity contribution in [3.63, 3.8) is 0 Å². The van der Waals surface area contributed by atoms with Crippen LogP contribution in [0.1, 0.15) is 47.1 Å². The molecule has 0 atom stereocenters. The number of amides is 1. The third-order valence-corrected chi connectivity index (χ3v) is 6.88. The second kappa shape index (κ2) is 9.01. The normalized spacial score (nSPS) is 14.0. The molecule has 5 nitrogen and oxygen atoms in total. The highest BCUT2D eigenvalue weighted by atomic mass is 32.2. The first-order valence-corrected chi connectivity index (χ1v) is 11.6. The first kappa shape index (κ1) is 20.5. The number of carbonyl (C=O) groups excluding carboxylic acids is 1. The summed E-state index contributed by atoms with van der Waals surface area (Å²) in [7, 11) is 1.66. The number of nitrogens with zero attached hydrogens (tertiary/aromatic N) is 3. The molecule has 0 bridgehead atoms. The first-order valence-electron chi connectivity index (χ1n) is 10.8. The van der Waals surface area contributed by atoms with E-state index in [-0.39, 0.29) is 5.91 Å². The summed E-state index contributed by atoms with van der Waals surface area (Å²) in [6.07, 6.45) is 9.43. The number of pyridine rings is 1. The van der Waals surface area contributed by atoms with Crippen molar-refractivity contribution in [2.24, 2.45) is 0 Å². The van der Waals surface area contributed by atoms with Gasteiger partial charge in [0.2, 0.25) is 0 Å². The van der Waals surface area contributed by atoms with Crippen molar-refractivity contribution in [2.75, 3.05) is 7.05 Å². The summed E-state index contributed by atoms with van der Waals surface area (Å²) < 4.78 is 2.19. The minimum atomic E-state index is -0.0735. The van der Waals surface area contributed by atoms with Crippen molar-refractivity contribution < 1.29 is 4.79 Å². The molecule has 1 aliphatic carbocycles. The zero-order chi connectivity index (χ0) is 21.9. The molecule has 5 rings (SSSR count). The summed E-state index contributed by atoms with van der Waals surface area (Å²) in [4.78, 5) is 18.7. The molecule has 0 spiro atoms. The van der Waals surface area contributed by atoms with E-state index < -0.39 is 0 Å². The van der Waals surface area contributed by atoms with Gasteiger partial charge in [-0.1, -0.05) is 30.0 Å². The van der Waals surface area contributed by atoms with Crippen LogP contribution >= 0.6 is 11.8 Å². The van der Waals surface area contributed by atoms with Gasteiger partial charge in [-0.2, -0.15) is 5.10 Å². The van der Waals surface area contributed by atoms with E-state index in [1.165, 1.54) is 6.42 Å². The molecular formula is C26H24N4OS. The molecule has 0 aliphatic heterocycles. The molecule has 1 aliphatic rings. The Bertz CT molecular complexity index is 1290. The average molecular weight is 441 g/mol. The quantitative estimate of drug-likeness (QED) is 0.409. The number of nitrogens with one attached hydrogen (secondary N) is 1. The number of hydrogen-bond acceptors (Lipinski definition) is 4. The van der Waals surface area contributed by atoms with E-state index in [9.17, 15) is 4.79 Å². The van der Waals surface area contributed by atoms with Gasteiger partial charge in [-0.05, 0) is 73.9 Å². The summed E-state index contributed by atoms with van der Waals surface area (Å²) in [6.45, 7) is 0. The molecule has 1 amide bonds. The fourth-order valence-electron chi connectivity index (χ4n) is 3.88. The third-order valence-electron chi connectivity index (χ3n) is 5.81. The molecule has 4 aromatic rings. The van der Waals surface area contributed by atoms with Gasteiger partial charge in [0.15, 0.2) is 0 Å². The summed E-state index contributed by atoms with van der Waals surface area (Å²) >= 11 is 1.61. The molecule has 0 saturated heterocycles. The molecule has 2 heterocycles. The summed E-state index contributed by atoms with van der Waals surface area (Å²) in [5.41, 5.74) is 3.70. The molecule has 0 radical (unpaired) electrons. The highest BCUT2D eigenvalue weighted by Crippen LogP contribution is 2.38. The van der Waals surface area contributed by atoms with Crippen LogP contribution in [-0.4, -0.2) is 27.7 Å². The number of benzene rings is 2. The monoisotopic (exact) mass is 440 g/mol. The van der Waals surface area contributed by atoms with Crippen LogP contribution in [0.25, 0.3) is 23.1 Å². The highest BCUT2D eigenvalue weighted by Gasteiger charge is 2.23. The number of aromatic nitrogens is 3. The van der Waals surface area contributed by atoms with Crippen molar-refractivity contribution >= 4 is 40.7 Å². The average Bonchev–Trinajstić information content (AvgIpc) is 3.14. The summed E-state index contributed by atoms with van der Waals surface area (Å²) in [5.74, 6) is -0.0735. The number of rotatable bonds is 6. The van der Waals surface area contributed by atoms with Crippen LogP contribution in [0.4, 0.5) is 0 Å². The van der Waals surface area contributed by atoms with Gasteiger partial charge in [0, 0.05) is 28.4 Å². The zero-order valence-electron chi connectivity index (χ0n) is 17.9. The topological polar surface area (TPSA) is 59.8 Å². The first-order chi connectivity index (χ1) is 15.7. The number of hydrogen-bond donors (Lipinski definition) is 1. The molecule has 1 saturated carbocycles. The lowest BCUT2D eigenvalue weighted by atomic mass is 9.93. The van der Waals surface area contributed by atoms with Gasteiger partial charge < -0.3 is 5.32 Å². The summed E-state index contributed by atoms with van der Waals surface area (Å²) in [5, 5.41) is 8.82. The lowest BCUT2D eigenvalue weighted by Crippen LogP contribution is -2.18. The van der Waals surface area contributed by atoms with Crippen LogP contribution in [0.2, 0.25) is 0 Å². The second-order valence-corrected chi connectivity index (χ2v) is 8.97. The molecule has 1 fully saturated rings. The number of carbonyl (C=O) groups is 1. The van der Waals surface area contributed by atoms with Crippen LogP contribution in [0, 0.1) is 0 Å².